The van der Waals surface area contributed by atoms with E-state index in [1.54, 1.807) is 43.5 Å². The molecule has 0 aliphatic rings. The monoisotopic (exact) mass is 241 g/mol. The van der Waals surface area contributed by atoms with Gasteiger partial charge in [-0.15, -0.1) is 0 Å². The number of benzene rings is 1. The number of ketones is 1. The predicted molar refractivity (Wildman–Crippen MR) is 69.1 cm³/mol. The van der Waals surface area contributed by atoms with Crippen molar-refractivity contribution in [3.63, 3.8) is 0 Å². The van der Waals surface area contributed by atoms with Gasteiger partial charge in [0.15, 0.2) is 5.78 Å². The first kappa shape index (κ1) is 12.5. The summed E-state index contributed by atoms with van der Waals surface area (Å²) in [6, 6.07) is 14.3. The Balaban J connectivity index is 2.17. The van der Waals surface area contributed by atoms with Gasteiger partial charge in [0.05, 0.1) is 11.6 Å². The number of Topliss-reactive ketones (excluding diaryl/α,β-unsaturated/α-hetero) is 1. The van der Waals surface area contributed by atoms with Gasteiger partial charge in [-0.2, -0.15) is 0 Å². The number of aliphatic hydroxyl groups is 1. The fourth-order valence-corrected chi connectivity index (χ4v) is 1.82. The van der Waals surface area contributed by atoms with Crippen LogP contribution in [0.25, 0.3) is 0 Å². The normalized spacial score (nSPS) is 13.9. The second kappa shape index (κ2) is 5.56. The number of nitrogens with zero attached hydrogens (tertiary/aromatic N) is 1. The minimum atomic E-state index is -0.876. The minimum Gasteiger partial charge on any atom is -0.386 e. The Labute approximate surface area is 106 Å². The van der Waals surface area contributed by atoms with E-state index in [-0.39, 0.29) is 5.78 Å². The van der Waals surface area contributed by atoms with Gasteiger partial charge in [-0.1, -0.05) is 43.3 Å². The lowest BCUT2D eigenvalue weighted by molar-refractivity contribution is 0.0702. The summed E-state index contributed by atoms with van der Waals surface area (Å²) >= 11 is 0. The summed E-state index contributed by atoms with van der Waals surface area (Å²) in [4.78, 5) is 16.2. The van der Waals surface area contributed by atoms with Crippen LogP contribution in [-0.2, 0) is 0 Å². The fourth-order valence-electron chi connectivity index (χ4n) is 1.82. The highest BCUT2D eigenvalue weighted by molar-refractivity contribution is 5.97. The second-order valence-electron chi connectivity index (χ2n) is 4.22. The van der Waals surface area contributed by atoms with E-state index in [1.165, 1.54) is 0 Å². The zero-order valence-electron chi connectivity index (χ0n) is 10.2. The molecule has 0 fully saturated rings. The number of aromatic nitrogens is 1. The van der Waals surface area contributed by atoms with Crippen molar-refractivity contribution < 1.29 is 9.90 Å². The fraction of sp³-hybridized carbons (Fsp3) is 0.200. The first-order valence-corrected chi connectivity index (χ1v) is 5.88. The summed E-state index contributed by atoms with van der Waals surface area (Å²) in [5.41, 5.74) is 1.13. The Morgan fingerprint density at radius 1 is 1.11 bits per heavy atom. The molecule has 3 heteroatoms. The quantitative estimate of drug-likeness (QED) is 0.837. The van der Waals surface area contributed by atoms with Crippen LogP contribution >= 0.6 is 0 Å². The average molecular weight is 241 g/mol. The molecule has 0 amide bonds. The molecular weight excluding hydrogens is 226 g/mol. The maximum Gasteiger partial charge on any atom is 0.168 e. The van der Waals surface area contributed by atoms with E-state index >= 15 is 0 Å². The highest BCUT2D eigenvalue weighted by atomic mass is 16.3. The third kappa shape index (κ3) is 2.63. The van der Waals surface area contributed by atoms with Crippen LogP contribution in [0.2, 0.25) is 0 Å². The standard InChI is InChI=1S/C15H15NO2/c1-11(14(17)12-7-3-2-4-8-12)15(18)13-9-5-6-10-16-13/h2-11,15,18H,1H3/t11-,15+/m0/s1. The Bertz CT molecular complexity index is 511. The van der Waals surface area contributed by atoms with Gasteiger partial charge in [-0.05, 0) is 12.1 Å². The summed E-state index contributed by atoms with van der Waals surface area (Å²) in [5, 5.41) is 10.1. The van der Waals surface area contributed by atoms with Gasteiger partial charge < -0.3 is 5.11 Å². The molecule has 2 atom stereocenters. The molecule has 1 heterocycles. The van der Waals surface area contributed by atoms with Crippen LogP contribution in [0.1, 0.15) is 29.1 Å². The molecule has 3 nitrogen and oxygen atoms in total. The van der Waals surface area contributed by atoms with E-state index in [0.29, 0.717) is 11.3 Å². The van der Waals surface area contributed by atoms with Gasteiger partial charge in [0, 0.05) is 11.8 Å². The van der Waals surface area contributed by atoms with Gasteiger partial charge in [0.1, 0.15) is 6.10 Å². The molecule has 1 N–H and O–H groups in total. The van der Waals surface area contributed by atoms with Gasteiger partial charge in [-0.3, -0.25) is 9.78 Å². The zero-order valence-corrected chi connectivity index (χ0v) is 10.2. The van der Waals surface area contributed by atoms with Gasteiger partial charge in [-0.25, -0.2) is 0 Å². The lowest BCUT2D eigenvalue weighted by atomic mass is 9.92. The van der Waals surface area contributed by atoms with Crippen molar-refractivity contribution in [2.24, 2.45) is 5.92 Å². The van der Waals surface area contributed by atoms with Crippen LogP contribution in [0.3, 0.4) is 0 Å². The van der Waals surface area contributed by atoms with Crippen LogP contribution in [0.4, 0.5) is 0 Å². The van der Waals surface area contributed by atoms with E-state index in [2.05, 4.69) is 4.98 Å². The molecule has 2 rings (SSSR count). The molecule has 1 aromatic heterocycles. The van der Waals surface area contributed by atoms with E-state index in [9.17, 15) is 9.90 Å². The molecule has 0 spiro atoms. The van der Waals surface area contributed by atoms with Gasteiger partial charge in [0.25, 0.3) is 0 Å². The number of carbonyl (C=O) groups excluding carboxylic acids is 1. The highest BCUT2D eigenvalue weighted by Gasteiger charge is 2.25. The summed E-state index contributed by atoms with van der Waals surface area (Å²) in [6.45, 7) is 1.72. The summed E-state index contributed by atoms with van der Waals surface area (Å²) in [5.74, 6) is -0.587. The molecule has 0 unspecified atom stereocenters. The van der Waals surface area contributed by atoms with Crippen LogP contribution in [0.5, 0.6) is 0 Å². The van der Waals surface area contributed by atoms with Crippen molar-refractivity contribution in [2.45, 2.75) is 13.0 Å². The van der Waals surface area contributed by atoms with E-state index in [1.807, 2.05) is 18.2 Å². The van der Waals surface area contributed by atoms with Crippen molar-refractivity contribution in [1.82, 2.24) is 4.98 Å². The molecule has 0 saturated carbocycles. The second-order valence-corrected chi connectivity index (χ2v) is 4.22. The number of aliphatic hydroxyl groups excluding tert-OH is 1. The number of hydrogen-bond acceptors (Lipinski definition) is 3. The Kier molecular flexibility index (Phi) is 3.85. The topological polar surface area (TPSA) is 50.2 Å². The lowest BCUT2D eigenvalue weighted by Crippen LogP contribution is -2.20. The van der Waals surface area contributed by atoms with Crippen molar-refractivity contribution >= 4 is 5.78 Å². The van der Waals surface area contributed by atoms with Crippen molar-refractivity contribution in [3.8, 4) is 0 Å². The molecule has 0 aliphatic heterocycles. The largest absolute Gasteiger partial charge is 0.386 e. The maximum atomic E-state index is 12.2. The van der Waals surface area contributed by atoms with Crippen LogP contribution in [0.15, 0.2) is 54.7 Å². The van der Waals surface area contributed by atoms with Crippen molar-refractivity contribution in [1.29, 1.82) is 0 Å². The molecule has 2 aromatic rings. The van der Waals surface area contributed by atoms with Crippen LogP contribution in [0, 0.1) is 5.92 Å². The zero-order chi connectivity index (χ0) is 13.0. The molecule has 0 bridgehead atoms. The number of carbonyl (C=O) groups is 1. The maximum absolute atomic E-state index is 12.2. The smallest absolute Gasteiger partial charge is 0.168 e. The van der Waals surface area contributed by atoms with Gasteiger partial charge in [0.2, 0.25) is 0 Å². The minimum absolute atomic E-state index is 0.0752. The first-order valence-electron chi connectivity index (χ1n) is 5.88. The Morgan fingerprint density at radius 2 is 1.78 bits per heavy atom. The van der Waals surface area contributed by atoms with Gasteiger partial charge >= 0.3 is 0 Å². The highest BCUT2D eigenvalue weighted by Crippen LogP contribution is 2.23. The van der Waals surface area contributed by atoms with E-state index < -0.39 is 12.0 Å². The Hall–Kier alpha value is -2.00. The SMILES string of the molecule is C[C@@H](C(=O)c1ccccc1)[C@@H](O)c1ccccn1. The van der Waals surface area contributed by atoms with E-state index in [0.717, 1.165) is 0 Å². The predicted octanol–water partition coefficient (Wildman–Crippen LogP) is 2.63. The molecule has 0 radical (unpaired) electrons. The molecule has 0 aliphatic carbocycles. The molecule has 92 valence electrons. The number of rotatable bonds is 4. The number of hydrogen-bond donors (Lipinski definition) is 1. The molecule has 18 heavy (non-hydrogen) atoms. The number of pyridine rings is 1. The summed E-state index contributed by atoms with van der Waals surface area (Å²) in [6.07, 6.45) is 0.733. The summed E-state index contributed by atoms with van der Waals surface area (Å²) < 4.78 is 0. The Morgan fingerprint density at radius 3 is 2.39 bits per heavy atom. The van der Waals surface area contributed by atoms with Crippen molar-refractivity contribution in [2.75, 3.05) is 0 Å². The average Bonchev–Trinajstić information content (AvgIpc) is 2.47. The molecule has 1 aromatic carbocycles. The third-order valence-corrected chi connectivity index (χ3v) is 2.94. The third-order valence-electron chi connectivity index (χ3n) is 2.94. The van der Waals surface area contributed by atoms with Crippen LogP contribution < -0.4 is 0 Å². The summed E-state index contributed by atoms with van der Waals surface area (Å²) in [7, 11) is 0. The lowest BCUT2D eigenvalue weighted by Gasteiger charge is -2.17. The molecular formula is C15H15NO2. The van der Waals surface area contributed by atoms with Crippen molar-refractivity contribution in [3.05, 3.63) is 66.0 Å². The van der Waals surface area contributed by atoms with E-state index in [4.69, 9.17) is 0 Å². The first-order chi connectivity index (χ1) is 8.70. The molecule has 0 saturated heterocycles. The van der Waals surface area contributed by atoms with Crippen LogP contribution in [-0.4, -0.2) is 15.9 Å².